The average Bonchev–Trinajstić information content (AvgIpc) is 3.16. The number of hydrogen-bond donors (Lipinski definition) is 2. The minimum Gasteiger partial charge on any atom is -0.481 e. The van der Waals surface area contributed by atoms with Gasteiger partial charge in [-0.05, 0) is 68.1 Å². The normalized spacial score (nSPS) is 25.4. The third kappa shape index (κ3) is 3.63. The molecule has 2 atom stereocenters. The van der Waals surface area contributed by atoms with Crippen LogP contribution in [0.15, 0.2) is 30.6 Å². The van der Waals surface area contributed by atoms with Crippen LogP contribution in [0, 0.1) is 29.5 Å². The van der Waals surface area contributed by atoms with Crippen molar-refractivity contribution in [3.8, 4) is 11.3 Å². The van der Waals surface area contributed by atoms with E-state index in [1.54, 1.807) is 0 Å². The number of halogens is 4. The molecule has 3 aromatic rings. The second-order valence-corrected chi connectivity index (χ2v) is 8.89. The van der Waals surface area contributed by atoms with E-state index in [0.29, 0.717) is 16.6 Å². The Kier molecular flexibility index (Phi) is 4.94. The molecule has 2 N–H and O–H groups in total. The van der Waals surface area contributed by atoms with E-state index >= 15 is 0 Å². The molecule has 0 aliphatic heterocycles. The fourth-order valence-electron chi connectivity index (χ4n) is 5.68. The van der Waals surface area contributed by atoms with Crippen LogP contribution in [0.2, 0.25) is 0 Å². The molecule has 0 unspecified atom stereocenters. The molecular weight excluding hydrogens is 426 g/mol. The summed E-state index contributed by atoms with van der Waals surface area (Å²) in [5.74, 6) is -2.05. The number of nitrogens with zero attached hydrogens (tertiary/aromatic N) is 2. The zero-order valence-electron chi connectivity index (χ0n) is 17.0. The topological polar surface area (TPSA) is 78.9 Å². The van der Waals surface area contributed by atoms with E-state index in [2.05, 4.69) is 15.0 Å². The number of rotatable bonds is 4. The number of carbonyl (C=O) groups is 1. The van der Waals surface area contributed by atoms with Crippen molar-refractivity contribution in [1.29, 1.82) is 0 Å². The summed E-state index contributed by atoms with van der Waals surface area (Å²) in [5, 5.41) is 10.1. The predicted molar refractivity (Wildman–Crippen MR) is 108 cm³/mol. The summed E-state index contributed by atoms with van der Waals surface area (Å²) in [4.78, 5) is 23.2. The summed E-state index contributed by atoms with van der Waals surface area (Å²) in [5.41, 5.74) is 0.0692. The number of aliphatic carboxylic acids is 1. The fraction of sp³-hybridized carbons (Fsp3) is 0.435. The molecule has 168 valence electrons. The summed E-state index contributed by atoms with van der Waals surface area (Å²) in [6, 6.07) is 3.16. The van der Waals surface area contributed by atoms with Crippen molar-refractivity contribution in [2.75, 3.05) is 0 Å². The lowest BCUT2D eigenvalue weighted by Gasteiger charge is -2.46. The number of carboxylic acid groups (broad SMARTS) is 1. The van der Waals surface area contributed by atoms with Crippen LogP contribution < -0.4 is 0 Å². The summed E-state index contributed by atoms with van der Waals surface area (Å²) in [6.07, 6.45) is 1.57. The summed E-state index contributed by atoms with van der Waals surface area (Å²) in [6.45, 7) is 0. The molecule has 9 heteroatoms. The van der Waals surface area contributed by atoms with Gasteiger partial charge in [-0.2, -0.15) is 13.2 Å². The Morgan fingerprint density at radius 2 is 1.84 bits per heavy atom. The number of hydrogen-bond acceptors (Lipinski definition) is 3. The van der Waals surface area contributed by atoms with Gasteiger partial charge in [-0.3, -0.25) is 9.78 Å². The third-order valence-corrected chi connectivity index (χ3v) is 7.10. The fourth-order valence-corrected chi connectivity index (χ4v) is 5.68. The first-order valence-electron chi connectivity index (χ1n) is 10.6. The lowest BCUT2D eigenvalue weighted by atomic mass is 9.57. The second-order valence-electron chi connectivity index (χ2n) is 8.89. The van der Waals surface area contributed by atoms with Crippen LogP contribution in [0.3, 0.4) is 0 Å². The van der Waals surface area contributed by atoms with Gasteiger partial charge < -0.3 is 10.1 Å². The van der Waals surface area contributed by atoms with Gasteiger partial charge in [0.05, 0.1) is 23.4 Å². The first-order valence-corrected chi connectivity index (χ1v) is 10.6. The van der Waals surface area contributed by atoms with Gasteiger partial charge in [-0.1, -0.05) is 0 Å². The van der Waals surface area contributed by atoms with E-state index in [-0.39, 0.29) is 35.6 Å². The number of H-pyrrole nitrogens is 1. The molecule has 0 radical (unpaired) electrons. The van der Waals surface area contributed by atoms with E-state index in [9.17, 15) is 27.5 Å². The Hall–Kier alpha value is -2.97. The van der Waals surface area contributed by atoms with Gasteiger partial charge in [0.1, 0.15) is 11.5 Å². The molecule has 3 saturated carbocycles. The first-order chi connectivity index (χ1) is 15.2. The lowest BCUT2D eigenvalue weighted by molar-refractivity contribution is -0.152. The summed E-state index contributed by atoms with van der Waals surface area (Å²) in [7, 11) is 0. The molecule has 0 spiro atoms. The maximum absolute atomic E-state index is 13.7. The van der Waals surface area contributed by atoms with Gasteiger partial charge in [0.2, 0.25) is 0 Å². The highest BCUT2D eigenvalue weighted by atomic mass is 19.4. The number of aromatic amines is 1. The maximum Gasteiger partial charge on any atom is 0.416 e. The van der Waals surface area contributed by atoms with E-state index in [0.717, 1.165) is 44.0 Å². The number of nitrogens with one attached hydrogen (secondary N) is 1. The lowest BCUT2D eigenvalue weighted by Crippen LogP contribution is -2.45. The molecular formula is C23H21F4N3O2. The zero-order chi connectivity index (χ0) is 22.6. The van der Waals surface area contributed by atoms with Gasteiger partial charge in [0.15, 0.2) is 0 Å². The van der Waals surface area contributed by atoms with Crippen molar-refractivity contribution in [2.45, 2.75) is 38.3 Å². The highest BCUT2D eigenvalue weighted by molar-refractivity contribution is 5.92. The highest BCUT2D eigenvalue weighted by Crippen LogP contribution is 2.50. The largest absolute Gasteiger partial charge is 0.481 e. The van der Waals surface area contributed by atoms with Crippen molar-refractivity contribution < 1.29 is 27.5 Å². The molecule has 5 nitrogen and oxygen atoms in total. The summed E-state index contributed by atoms with van der Waals surface area (Å²) >= 11 is 0. The van der Waals surface area contributed by atoms with Gasteiger partial charge in [-0.25, -0.2) is 9.37 Å². The molecule has 32 heavy (non-hydrogen) atoms. The van der Waals surface area contributed by atoms with Crippen molar-refractivity contribution in [3.63, 3.8) is 0 Å². The van der Waals surface area contributed by atoms with Gasteiger partial charge in [-0.15, -0.1) is 0 Å². The first kappa shape index (κ1) is 20.9. The molecule has 2 bridgehead atoms. The minimum absolute atomic E-state index is 0.0568. The third-order valence-electron chi connectivity index (χ3n) is 7.10. The minimum atomic E-state index is -4.60. The van der Waals surface area contributed by atoms with Crippen LogP contribution in [0.1, 0.15) is 36.9 Å². The Labute approximate surface area is 180 Å². The van der Waals surface area contributed by atoms with Crippen molar-refractivity contribution in [3.05, 3.63) is 47.7 Å². The van der Waals surface area contributed by atoms with Crippen LogP contribution in [-0.2, 0) is 17.4 Å². The maximum atomic E-state index is 13.7. The van der Waals surface area contributed by atoms with Crippen LogP contribution >= 0.6 is 0 Å². The molecule has 0 amide bonds. The van der Waals surface area contributed by atoms with E-state index in [4.69, 9.17) is 0 Å². The van der Waals surface area contributed by atoms with Crippen molar-refractivity contribution in [1.82, 2.24) is 15.0 Å². The Bertz CT molecular complexity index is 1180. The van der Waals surface area contributed by atoms with Crippen LogP contribution in [-0.4, -0.2) is 26.0 Å². The smallest absolute Gasteiger partial charge is 0.416 e. The van der Waals surface area contributed by atoms with Crippen LogP contribution in [0.25, 0.3) is 22.3 Å². The Balaban J connectivity index is 1.58. The molecule has 3 aromatic heterocycles. The van der Waals surface area contributed by atoms with Gasteiger partial charge >= 0.3 is 12.1 Å². The number of fused-ring (bicyclic) bond motifs is 4. The SMILES string of the molecule is O=C(O)[C@H]1C2CCC(CC2)[C@@H]1Cc1cc(C(F)(F)F)cc(-c2c[nH]c3ncc(F)cc23)n1. The Morgan fingerprint density at radius 1 is 1.12 bits per heavy atom. The molecule has 3 heterocycles. The predicted octanol–water partition coefficient (Wildman–Crippen LogP) is 5.46. The number of pyridine rings is 2. The molecule has 6 rings (SSSR count). The highest BCUT2D eigenvalue weighted by Gasteiger charge is 2.47. The molecule has 3 aliphatic rings. The van der Waals surface area contributed by atoms with Crippen molar-refractivity contribution in [2.24, 2.45) is 23.7 Å². The Morgan fingerprint density at radius 3 is 2.53 bits per heavy atom. The molecule has 3 aliphatic carbocycles. The molecule has 3 fully saturated rings. The second kappa shape index (κ2) is 7.56. The number of carboxylic acids is 1. The molecule has 0 aromatic carbocycles. The quantitative estimate of drug-likeness (QED) is 0.521. The van der Waals surface area contributed by atoms with Crippen LogP contribution in [0.5, 0.6) is 0 Å². The standard InChI is InChI=1S/C23H21F4N3O2/c24-14-7-17-18(10-29-21(17)28-9-14)19-6-13(23(25,26)27)5-15(30-19)8-16-11-1-3-12(4-2-11)20(16)22(31)32/h5-7,9-12,16,20H,1-4,8H2,(H,28,29)(H,31,32)/t11?,12?,16-,20-/m0/s1. The summed E-state index contributed by atoms with van der Waals surface area (Å²) < 4.78 is 54.8. The average molecular weight is 447 g/mol. The molecule has 0 saturated heterocycles. The van der Waals surface area contributed by atoms with Gasteiger partial charge in [0.25, 0.3) is 0 Å². The van der Waals surface area contributed by atoms with Gasteiger partial charge in [0, 0.05) is 22.8 Å². The zero-order valence-corrected chi connectivity index (χ0v) is 17.0. The van der Waals surface area contributed by atoms with E-state index < -0.39 is 29.4 Å². The van der Waals surface area contributed by atoms with E-state index in [1.165, 1.54) is 12.3 Å². The number of alkyl halides is 3. The van der Waals surface area contributed by atoms with Crippen LogP contribution in [0.4, 0.5) is 17.6 Å². The number of aromatic nitrogens is 3. The van der Waals surface area contributed by atoms with E-state index in [1.807, 2.05) is 0 Å². The van der Waals surface area contributed by atoms with Crippen molar-refractivity contribution >= 4 is 17.0 Å². The monoisotopic (exact) mass is 447 g/mol.